The van der Waals surface area contributed by atoms with Gasteiger partial charge in [-0.3, -0.25) is 0 Å². The minimum atomic E-state index is -0.464. The van der Waals surface area contributed by atoms with Crippen LogP contribution in [0.1, 0.15) is 53.9 Å². The fourth-order valence-electron chi connectivity index (χ4n) is 1.75. The van der Waals surface area contributed by atoms with E-state index >= 15 is 0 Å². The number of nitroso groups, excluding NO2 is 1. The molecule has 0 aromatic heterocycles. The predicted molar refractivity (Wildman–Crippen MR) is 75.1 cm³/mol. The second-order valence-electron chi connectivity index (χ2n) is 5.01. The number of carbonyl (C=O) groups is 1. The zero-order chi connectivity index (χ0) is 15.5. The van der Waals surface area contributed by atoms with Crippen LogP contribution in [0.15, 0.2) is 0 Å². The molecule has 0 spiro atoms. The monoisotopic (exact) mass is 276 g/mol. The van der Waals surface area contributed by atoms with Crippen molar-refractivity contribution in [2.45, 2.75) is 65.5 Å². The Hall–Kier alpha value is -1.17. The standard InChI is InChI=1S/C11H21NO3.C2H6.HNO/c1-11(2,3)15-10(14)12-7-5-4-6-9(12)8-13;2*1-2/h9,13H,4-8H2,1-3H3;1-2H3;1H/t9-;;/m1../s1. The molecule has 1 atom stereocenters. The van der Waals surface area contributed by atoms with Crippen LogP contribution < -0.4 is 0 Å². The number of nitrogens with one attached hydrogen (secondary N) is 1. The molecule has 114 valence electrons. The Morgan fingerprint density at radius 3 is 2.26 bits per heavy atom. The summed E-state index contributed by atoms with van der Waals surface area (Å²) >= 11 is 0. The quantitative estimate of drug-likeness (QED) is 0.720. The van der Waals surface area contributed by atoms with E-state index in [1.54, 1.807) is 4.90 Å². The van der Waals surface area contributed by atoms with Gasteiger partial charge in [0.2, 0.25) is 0 Å². The number of carbonyl (C=O) groups excluding carboxylic acids is 1. The number of likely N-dealkylation sites (tertiary alicyclic amines) is 1. The van der Waals surface area contributed by atoms with Crippen molar-refractivity contribution in [2.75, 3.05) is 13.2 Å². The lowest BCUT2D eigenvalue weighted by atomic mass is 10.0. The summed E-state index contributed by atoms with van der Waals surface area (Å²) in [6.45, 7) is 10.3. The number of hydrogen-bond donors (Lipinski definition) is 2. The van der Waals surface area contributed by atoms with Crippen molar-refractivity contribution in [3.05, 3.63) is 4.91 Å². The van der Waals surface area contributed by atoms with E-state index in [2.05, 4.69) is 5.59 Å². The minimum absolute atomic E-state index is 0.0270. The molecule has 1 heterocycles. The summed E-state index contributed by atoms with van der Waals surface area (Å²) in [5.41, 5.74) is 4.04. The Bertz CT molecular complexity index is 241. The summed E-state index contributed by atoms with van der Waals surface area (Å²) in [4.78, 5) is 20.9. The zero-order valence-corrected chi connectivity index (χ0v) is 12.7. The second-order valence-corrected chi connectivity index (χ2v) is 5.01. The zero-order valence-electron chi connectivity index (χ0n) is 12.7. The first kappa shape index (κ1) is 20.2. The number of hydrogen-bond acceptors (Lipinski definition) is 5. The third-order valence-electron chi connectivity index (χ3n) is 2.47. The van der Waals surface area contributed by atoms with Crippen LogP contribution in [0.25, 0.3) is 0 Å². The normalized spacial score (nSPS) is 18.4. The van der Waals surface area contributed by atoms with Crippen LogP contribution in [-0.4, -0.2) is 40.9 Å². The van der Waals surface area contributed by atoms with Crippen molar-refractivity contribution in [1.29, 1.82) is 5.59 Å². The Morgan fingerprint density at radius 2 is 1.84 bits per heavy atom. The van der Waals surface area contributed by atoms with Crippen LogP contribution >= 0.6 is 0 Å². The van der Waals surface area contributed by atoms with Crippen LogP contribution in [0.3, 0.4) is 0 Å². The molecule has 6 heteroatoms. The van der Waals surface area contributed by atoms with E-state index in [-0.39, 0.29) is 18.7 Å². The molecule has 0 aromatic rings. The lowest BCUT2D eigenvalue weighted by Crippen LogP contribution is -2.47. The first-order valence-electron chi connectivity index (χ1n) is 6.75. The number of aliphatic hydroxyl groups excluding tert-OH is 1. The van der Waals surface area contributed by atoms with Crippen molar-refractivity contribution >= 4 is 6.09 Å². The van der Waals surface area contributed by atoms with Gasteiger partial charge in [-0.15, -0.1) is 0 Å². The second kappa shape index (κ2) is 10.7. The van der Waals surface area contributed by atoms with E-state index in [4.69, 9.17) is 14.8 Å². The van der Waals surface area contributed by atoms with E-state index in [1.807, 2.05) is 34.6 Å². The fraction of sp³-hybridized carbons (Fsp3) is 0.923. The molecular formula is C13H28N2O4. The van der Waals surface area contributed by atoms with Crippen molar-refractivity contribution < 1.29 is 14.6 Å². The third kappa shape index (κ3) is 8.53. The Balaban J connectivity index is 0. The molecule has 1 saturated heterocycles. The van der Waals surface area contributed by atoms with Gasteiger partial charge in [-0.05, 0) is 40.0 Å². The lowest BCUT2D eigenvalue weighted by Gasteiger charge is -2.35. The van der Waals surface area contributed by atoms with E-state index in [1.165, 1.54) is 0 Å². The van der Waals surface area contributed by atoms with Crippen molar-refractivity contribution in [1.82, 2.24) is 4.90 Å². The highest BCUT2D eigenvalue weighted by atomic mass is 16.6. The number of aliphatic hydroxyl groups is 1. The molecule has 0 aliphatic carbocycles. The number of amides is 1. The van der Waals surface area contributed by atoms with Crippen LogP contribution in [-0.2, 0) is 4.74 Å². The first-order chi connectivity index (χ1) is 8.94. The van der Waals surface area contributed by atoms with Gasteiger partial charge in [0.15, 0.2) is 0 Å². The van der Waals surface area contributed by atoms with Crippen LogP contribution in [0.2, 0.25) is 0 Å². The molecular weight excluding hydrogens is 248 g/mol. The smallest absolute Gasteiger partial charge is 0.410 e. The highest BCUT2D eigenvalue weighted by molar-refractivity contribution is 5.68. The maximum absolute atomic E-state index is 11.8. The van der Waals surface area contributed by atoms with E-state index in [0.717, 1.165) is 19.3 Å². The first-order valence-corrected chi connectivity index (χ1v) is 6.75. The topological polar surface area (TPSA) is 90.7 Å². The molecule has 1 fully saturated rings. The van der Waals surface area contributed by atoms with Gasteiger partial charge < -0.3 is 14.7 Å². The summed E-state index contributed by atoms with van der Waals surface area (Å²) in [6.07, 6.45) is 2.64. The average Bonchev–Trinajstić information content (AvgIpc) is 2.41. The van der Waals surface area contributed by atoms with Gasteiger partial charge in [-0.1, -0.05) is 19.4 Å². The average molecular weight is 276 g/mol. The number of nitrogens with zero attached hydrogens (tertiary/aromatic N) is 1. The molecule has 1 aliphatic heterocycles. The van der Waals surface area contributed by atoms with Crippen molar-refractivity contribution in [2.24, 2.45) is 0 Å². The van der Waals surface area contributed by atoms with Crippen LogP contribution in [0.4, 0.5) is 4.79 Å². The fourth-order valence-corrected chi connectivity index (χ4v) is 1.75. The SMILES string of the molecule is CC.CC(C)(C)OC(=O)N1CCCC[C@@H]1CO.N=O. The molecule has 0 aromatic carbocycles. The molecule has 0 unspecified atom stereocenters. The van der Waals surface area contributed by atoms with Gasteiger partial charge in [0, 0.05) is 6.54 Å². The van der Waals surface area contributed by atoms with Crippen LogP contribution in [0, 0.1) is 10.5 Å². The molecule has 0 radical (unpaired) electrons. The Labute approximate surface area is 115 Å². The molecule has 6 nitrogen and oxygen atoms in total. The highest BCUT2D eigenvalue weighted by Gasteiger charge is 2.29. The molecule has 0 bridgehead atoms. The Morgan fingerprint density at radius 1 is 1.32 bits per heavy atom. The van der Waals surface area contributed by atoms with Gasteiger partial charge in [-0.25, -0.2) is 4.79 Å². The van der Waals surface area contributed by atoms with Gasteiger partial charge in [-0.2, -0.15) is 4.91 Å². The molecule has 1 amide bonds. The Kier molecular flexibility index (Phi) is 11.4. The molecule has 1 rings (SSSR count). The largest absolute Gasteiger partial charge is 0.444 e. The van der Waals surface area contributed by atoms with E-state index in [9.17, 15) is 4.79 Å². The maximum Gasteiger partial charge on any atom is 0.410 e. The highest BCUT2D eigenvalue weighted by Crippen LogP contribution is 2.19. The molecule has 19 heavy (non-hydrogen) atoms. The summed E-state index contributed by atoms with van der Waals surface area (Å²) in [7, 11) is 0. The van der Waals surface area contributed by atoms with Crippen molar-refractivity contribution in [3.8, 4) is 0 Å². The minimum Gasteiger partial charge on any atom is -0.444 e. The van der Waals surface area contributed by atoms with E-state index < -0.39 is 5.60 Å². The number of ether oxygens (including phenoxy) is 1. The maximum atomic E-state index is 11.8. The summed E-state index contributed by atoms with van der Waals surface area (Å²) in [6, 6.07) is -0.0615. The summed E-state index contributed by atoms with van der Waals surface area (Å²) < 4.78 is 5.29. The van der Waals surface area contributed by atoms with Crippen LogP contribution in [0.5, 0.6) is 0 Å². The molecule has 2 N–H and O–H groups in total. The molecule has 0 saturated carbocycles. The lowest BCUT2D eigenvalue weighted by molar-refractivity contribution is 0.00182. The number of rotatable bonds is 1. The number of piperidine rings is 1. The summed E-state index contributed by atoms with van der Waals surface area (Å²) in [5.74, 6) is 0. The van der Waals surface area contributed by atoms with Gasteiger partial charge >= 0.3 is 6.09 Å². The third-order valence-corrected chi connectivity index (χ3v) is 2.47. The van der Waals surface area contributed by atoms with E-state index in [0.29, 0.717) is 6.54 Å². The predicted octanol–water partition coefficient (Wildman–Crippen LogP) is 3.13. The molecule has 1 aliphatic rings. The summed E-state index contributed by atoms with van der Waals surface area (Å²) in [5, 5.41) is 9.16. The van der Waals surface area contributed by atoms with Gasteiger partial charge in [0.05, 0.1) is 12.6 Å². The van der Waals surface area contributed by atoms with Gasteiger partial charge in [0.1, 0.15) is 5.60 Å². The van der Waals surface area contributed by atoms with Gasteiger partial charge in [0.25, 0.3) is 0 Å². The van der Waals surface area contributed by atoms with Crippen molar-refractivity contribution in [3.63, 3.8) is 0 Å².